The Labute approximate surface area is 146 Å². The highest BCUT2D eigenvalue weighted by Crippen LogP contribution is 2.29. The van der Waals surface area contributed by atoms with E-state index in [2.05, 4.69) is 0 Å². The number of esters is 1. The van der Waals surface area contributed by atoms with E-state index < -0.39 is 5.97 Å². The van der Waals surface area contributed by atoms with Gasteiger partial charge in [0.05, 0.1) is 11.6 Å². The zero-order valence-electron chi connectivity index (χ0n) is 13.6. The Morgan fingerprint density at radius 2 is 2.08 bits per heavy atom. The second-order valence-electron chi connectivity index (χ2n) is 5.67. The number of nitrogens with zero attached hydrogens (tertiary/aromatic N) is 1. The molecule has 2 rings (SSSR count). The van der Waals surface area contributed by atoms with Gasteiger partial charge in [-0.3, -0.25) is 0 Å². The molecular formula is C19H18ClNO3. The van der Waals surface area contributed by atoms with Gasteiger partial charge >= 0.3 is 5.97 Å². The highest BCUT2D eigenvalue weighted by atomic mass is 35.5. The van der Waals surface area contributed by atoms with Gasteiger partial charge in [0.15, 0.2) is 0 Å². The Kier molecular flexibility index (Phi) is 6.22. The van der Waals surface area contributed by atoms with Crippen LogP contribution in [0.3, 0.4) is 0 Å². The lowest BCUT2D eigenvalue weighted by molar-refractivity contribution is -0.138. The third kappa shape index (κ3) is 4.74. The van der Waals surface area contributed by atoms with E-state index >= 15 is 0 Å². The van der Waals surface area contributed by atoms with Crippen molar-refractivity contribution in [2.24, 2.45) is 5.92 Å². The number of carbonyl (C=O) groups excluding carboxylic acids is 1. The molecule has 0 N–H and O–H groups in total. The summed E-state index contributed by atoms with van der Waals surface area (Å²) < 4.78 is 10.8. The van der Waals surface area contributed by atoms with Crippen molar-refractivity contribution in [2.45, 2.75) is 20.3 Å². The molecule has 0 aliphatic rings. The second kappa shape index (κ2) is 8.37. The lowest BCUT2D eigenvalue weighted by Gasteiger charge is -2.05. The van der Waals surface area contributed by atoms with E-state index in [1.807, 2.05) is 38.1 Å². The van der Waals surface area contributed by atoms with Gasteiger partial charge in [-0.1, -0.05) is 37.6 Å². The molecule has 1 aromatic carbocycles. The molecule has 24 heavy (non-hydrogen) atoms. The molecule has 5 heteroatoms. The fourth-order valence-electron chi connectivity index (χ4n) is 1.98. The minimum absolute atomic E-state index is 0.0983. The zero-order valence-corrected chi connectivity index (χ0v) is 14.3. The molecule has 0 amide bonds. The highest BCUT2D eigenvalue weighted by Gasteiger charge is 2.13. The van der Waals surface area contributed by atoms with Gasteiger partial charge in [0.1, 0.15) is 23.2 Å². The molecule has 0 aliphatic heterocycles. The molecule has 0 atom stereocenters. The van der Waals surface area contributed by atoms with E-state index in [0.29, 0.717) is 29.1 Å². The summed E-state index contributed by atoms with van der Waals surface area (Å²) in [6, 6.07) is 12.6. The highest BCUT2D eigenvalue weighted by molar-refractivity contribution is 6.33. The Bertz CT molecular complexity index is 784. The van der Waals surface area contributed by atoms with Gasteiger partial charge in [-0.15, -0.1) is 0 Å². The number of benzene rings is 1. The number of furan rings is 1. The number of halogens is 1. The van der Waals surface area contributed by atoms with Gasteiger partial charge < -0.3 is 9.15 Å². The number of carbonyl (C=O) groups is 1. The van der Waals surface area contributed by atoms with Gasteiger partial charge in [-0.25, -0.2) is 4.79 Å². The summed E-state index contributed by atoms with van der Waals surface area (Å²) in [4.78, 5) is 11.9. The van der Waals surface area contributed by atoms with Gasteiger partial charge in [-0.2, -0.15) is 5.26 Å². The lowest BCUT2D eigenvalue weighted by Crippen LogP contribution is -2.09. The first-order valence-corrected chi connectivity index (χ1v) is 8.02. The summed E-state index contributed by atoms with van der Waals surface area (Å²) in [6.45, 7) is 4.36. The minimum atomic E-state index is -0.645. The van der Waals surface area contributed by atoms with E-state index in [1.54, 1.807) is 18.2 Å². The van der Waals surface area contributed by atoms with E-state index in [0.717, 1.165) is 12.0 Å². The largest absolute Gasteiger partial charge is 0.462 e. The molecule has 0 unspecified atom stereocenters. The van der Waals surface area contributed by atoms with Crippen LogP contribution in [0.15, 0.2) is 46.4 Å². The molecule has 1 heterocycles. The van der Waals surface area contributed by atoms with Crippen LogP contribution >= 0.6 is 11.6 Å². The topological polar surface area (TPSA) is 63.2 Å². The molecule has 4 nitrogen and oxygen atoms in total. The smallest absolute Gasteiger partial charge is 0.349 e. The standard InChI is InChI=1S/C19H18ClNO3/c1-13(2)9-10-23-19(22)14(12-21)11-15-7-8-18(24-15)16-5-3-4-6-17(16)20/h3-8,11,13H,9-10H2,1-2H3. The maximum absolute atomic E-state index is 11.9. The first-order valence-electron chi connectivity index (χ1n) is 7.65. The number of hydrogen-bond acceptors (Lipinski definition) is 4. The minimum Gasteiger partial charge on any atom is -0.462 e. The lowest BCUT2D eigenvalue weighted by atomic mass is 10.1. The third-order valence-electron chi connectivity index (χ3n) is 3.32. The molecule has 0 saturated heterocycles. The van der Waals surface area contributed by atoms with Crippen LogP contribution < -0.4 is 0 Å². The monoisotopic (exact) mass is 343 g/mol. The van der Waals surface area contributed by atoms with E-state index in [-0.39, 0.29) is 5.57 Å². The molecule has 0 saturated carbocycles. The molecule has 0 fully saturated rings. The van der Waals surface area contributed by atoms with Crippen molar-refractivity contribution >= 4 is 23.6 Å². The van der Waals surface area contributed by atoms with E-state index in [4.69, 9.17) is 26.0 Å². The van der Waals surface area contributed by atoms with Crippen LogP contribution in [0.25, 0.3) is 17.4 Å². The van der Waals surface area contributed by atoms with Crippen LogP contribution in [-0.2, 0) is 9.53 Å². The fraction of sp³-hybridized carbons (Fsp3) is 0.263. The SMILES string of the molecule is CC(C)CCOC(=O)C(C#N)=Cc1ccc(-c2ccccc2Cl)o1. The van der Waals surface area contributed by atoms with Crippen LogP contribution in [0.5, 0.6) is 0 Å². The molecule has 124 valence electrons. The van der Waals surface area contributed by atoms with Gasteiger partial charge in [0, 0.05) is 11.6 Å². The Balaban J connectivity index is 2.13. The molecule has 0 spiro atoms. The van der Waals surface area contributed by atoms with Crippen molar-refractivity contribution in [3.05, 3.63) is 52.8 Å². The predicted octanol–water partition coefficient (Wildman–Crippen LogP) is 5.10. The van der Waals surface area contributed by atoms with Crippen molar-refractivity contribution in [3.63, 3.8) is 0 Å². The average molecular weight is 344 g/mol. The van der Waals surface area contributed by atoms with Gasteiger partial charge in [-0.05, 0) is 36.6 Å². The summed E-state index contributed by atoms with van der Waals surface area (Å²) in [7, 11) is 0. The van der Waals surface area contributed by atoms with Crippen molar-refractivity contribution in [1.82, 2.24) is 0 Å². The van der Waals surface area contributed by atoms with Crippen LogP contribution in [0, 0.1) is 17.2 Å². The maximum Gasteiger partial charge on any atom is 0.349 e. The molecular weight excluding hydrogens is 326 g/mol. The first-order chi connectivity index (χ1) is 11.5. The molecule has 0 bridgehead atoms. The molecule has 0 aliphatic carbocycles. The van der Waals surface area contributed by atoms with Crippen molar-refractivity contribution in [3.8, 4) is 17.4 Å². The summed E-state index contributed by atoms with van der Waals surface area (Å²) in [5, 5.41) is 9.72. The average Bonchev–Trinajstić information content (AvgIpc) is 3.01. The number of hydrogen-bond donors (Lipinski definition) is 0. The quantitative estimate of drug-likeness (QED) is 0.416. The summed E-state index contributed by atoms with van der Waals surface area (Å²) in [5.41, 5.74) is 0.649. The molecule has 1 aromatic heterocycles. The van der Waals surface area contributed by atoms with Gasteiger partial charge in [0.2, 0.25) is 0 Å². The van der Waals surface area contributed by atoms with E-state index in [1.165, 1.54) is 6.08 Å². The summed E-state index contributed by atoms with van der Waals surface area (Å²) >= 11 is 6.13. The summed E-state index contributed by atoms with van der Waals surface area (Å²) in [6.07, 6.45) is 2.12. The van der Waals surface area contributed by atoms with Crippen LogP contribution in [-0.4, -0.2) is 12.6 Å². The Hall–Kier alpha value is -2.51. The maximum atomic E-state index is 11.9. The number of ether oxygens (including phenoxy) is 1. The summed E-state index contributed by atoms with van der Waals surface area (Å²) in [5.74, 6) is 0.740. The third-order valence-corrected chi connectivity index (χ3v) is 3.65. The Morgan fingerprint density at radius 1 is 1.33 bits per heavy atom. The van der Waals surface area contributed by atoms with Crippen molar-refractivity contribution in [1.29, 1.82) is 5.26 Å². The van der Waals surface area contributed by atoms with Crippen LogP contribution in [0.1, 0.15) is 26.0 Å². The van der Waals surface area contributed by atoms with E-state index in [9.17, 15) is 4.79 Å². The molecule has 0 radical (unpaired) electrons. The fourth-order valence-corrected chi connectivity index (χ4v) is 2.21. The second-order valence-corrected chi connectivity index (χ2v) is 6.08. The Morgan fingerprint density at radius 3 is 2.75 bits per heavy atom. The number of rotatable bonds is 6. The van der Waals surface area contributed by atoms with Crippen molar-refractivity contribution < 1.29 is 13.9 Å². The number of nitriles is 1. The molecule has 2 aromatic rings. The van der Waals surface area contributed by atoms with Crippen LogP contribution in [0.2, 0.25) is 5.02 Å². The predicted molar refractivity (Wildman–Crippen MR) is 93.2 cm³/mol. The normalized spacial score (nSPS) is 11.4. The first kappa shape index (κ1) is 17.8. The van der Waals surface area contributed by atoms with Gasteiger partial charge in [0.25, 0.3) is 0 Å². The van der Waals surface area contributed by atoms with Crippen LogP contribution in [0.4, 0.5) is 0 Å². The zero-order chi connectivity index (χ0) is 17.5. The van der Waals surface area contributed by atoms with Crippen molar-refractivity contribution in [2.75, 3.05) is 6.61 Å².